The third-order valence-corrected chi connectivity index (χ3v) is 3.36. The van der Waals surface area contributed by atoms with Crippen molar-refractivity contribution in [3.63, 3.8) is 0 Å². The molecule has 4 nitrogen and oxygen atoms in total. The SMILES string of the molecule is COc1cncc(OC)c1CC1(CN)CC1. The summed E-state index contributed by atoms with van der Waals surface area (Å²) in [5.41, 5.74) is 7.15. The number of aromatic nitrogens is 1. The molecule has 0 amide bonds. The molecule has 0 radical (unpaired) electrons. The molecule has 1 heterocycles. The summed E-state index contributed by atoms with van der Waals surface area (Å²) in [7, 11) is 3.31. The van der Waals surface area contributed by atoms with Crippen molar-refractivity contribution < 1.29 is 9.47 Å². The van der Waals surface area contributed by atoms with Gasteiger partial charge in [0.15, 0.2) is 0 Å². The van der Waals surface area contributed by atoms with Crippen LogP contribution in [0.25, 0.3) is 0 Å². The monoisotopic (exact) mass is 222 g/mol. The lowest BCUT2D eigenvalue weighted by Gasteiger charge is -2.17. The van der Waals surface area contributed by atoms with Crippen LogP contribution in [-0.2, 0) is 6.42 Å². The highest BCUT2D eigenvalue weighted by molar-refractivity contribution is 5.43. The molecule has 0 unspecified atom stereocenters. The Labute approximate surface area is 95.8 Å². The summed E-state index contributed by atoms with van der Waals surface area (Å²) < 4.78 is 10.6. The van der Waals surface area contributed by atoms with E-state index in [0.29, 0.717) is 0 Å². The Kier molecular flexibility index (Phi) is 3.01. The van der Waals surface area contributed by atoms with Crippen LogP contribution in [-0.4, -0.2) is 25.7 Å². The molecule has 0 aromatic carbocycles. The van der Waals surface area contributed by atoms with Gasteiger partial charge in [0.05, 0.1) is 26.6 Å². The molecule has 1 aromatic heterocycles. The Morgan fingerprint density at radius 1 is 1.25 bits per heavy atom. The summed E-state index contributed by atoms with van der Waals surface area (Å²) in [6, 6.07) is 0. The molecule has 16 heavy (non-hydrogen) atoms. The fourth-order valence-electron chi connectivity index (χ4n) is 1.98. The lowest BCUT2D eigenvalue weighted by atomic mass is 9.96. The van der Waals surface area contributed by atoms with Crippen molar-refractivity contribution in [1.29, 1.82) is 0 Å². The number of nitrogens with two attached hydrogens (primary N) is 1. The van der Waals surface area contributed by atoms with E-state index in [-0.39, 0.29) is 5.41 Å². The molecule has 88 valence electrons. The first-order chi connectivity index (χ1) is 7.74. The second-order valence-corrected chi connectivity index (χ2v) is 4.40. The van der Waals surface area contributed by atoms with Crippen molar-refractivity contribution in [3.8, 4) is 11.5 Å². The van der Waals surface area contributed by atoms with Gasteiger partial charge < -0.3 is 15.2 Å². The summed E-state index contributed by atoms with van der Waals surface area (Å²) >= 11 is 0. The Hall–Kier alpha value is -1.29. The maximum Gasteiger partial charge on any atom is 0.144 e. The van der Waals surface area contributed by atoms with E-state index < -0.39 is 0 Å². The highest BCUT2D eigenvalue weighted by Gasteiger charge is 2.42. The highest BCUT2D eigenvalue weighted by atomic mass is 16.5. The van der Waals surface area contributed by atoms with Gasteiger partial charge in [-0.1, -0.05) is 0 Å². The topological polar surface area (TPSA) is 57.4 Å². The second kappa shape index (κ2) is 4.29. The van der Waals surface area contributed by atoms with Crippen molar-refractivity contribution >= 4 is 0 Å². The number of rotatable bonds is 5. The molecule has 2 rings (SSSR count). The molecule has 1 fully saturated rings. The van der Waals surface area contributed by atoms with Crippen molar-refractivity contribution in [3.05, 3.63) is 18.0 Å². The molecule has 1 saturated carbocycles. The van der Waals surface area contributed by atoms with E-state index >= 15 is 0 Å². The van der Waals surface area contributed by atoms with E-state index in [2.05, 4.69) is 4.98 Å². The molecule has 0 spiro atoms. The van der Waals surface area contributed by atoms with Gasteiger partial charge in [-0.3, -0.25) is 4.98 Å². The fourth-order valence-corrected chi connectivity index (χ4v) is 1.98. The van der Waals surface area contributed by atoms with Crippen LogP contribution in [0.4, 0.5) is 0 Å². The first kappa shape index (κ1) is 11.2. The van der Waals surface area contributed by atoms with Crippen molar-refractivity contribution in [2.45, 2.75) is 19.3 Å². The van der Waals surface area contributed by atoms with Gasteiger partial charge in [-0.25, -0.2) is 0 Å². The number of hydrogen-bond donors (Lipinski definition) is 1. The minimum Gasteiger partial charge on any atom is -0.495 e. The van der Waals surface area contributed by atoms with Crippen LogP contribution in [0.2, 0.25) is 0 Å². The summed E-state index contributed by atoms with van der Waals surface area (Å²) in [4.78, 5) is 4.08. The highest BCUT2D eigenvalue weighted by Crippen LogP contribution is 2.49. The van der Waals surface area contributed by atoms with E-state index in [0.717, 1.165) is 30.0 Å². The zero-order valence-corrected chi connectivity index (χ0v) is 9.82. The predicted molar refractivity (Wildman–Crippen MR) is 61.8 cm³/mol. The third kappa shape index (κ3) is 1.97. The summed E-state index contributed by atoms with van der Waals surface area (Å²) in [5, 5.41) is 0. The molecule has 4 heteroatoms. The van der Waals surface area contributed by atoms with Crippen molar-refractivity contribution in [2.24, 2.45) is 11.1 Å². The largest absolute Gasteiger partial charge is 0.495 e. The van der Waals surface area contributed by atoms with Gasteiger partial charge in [0.1, 0.15) is 11.5 Å². The van der Waals surface area contributed by atoms with Crippen LogP contribution in [0.1, 0.15) is 18.4 Å². The smallest absolute Gasteiger partial charge is 0.144 e. The Morgan fingerprint density at radius 2 is 1.81 bits per heavy atom. The van der Waals surface area contributed by atoms with Crippen LogP contribution in [0.15, 0.2) is 12.4 Å². The summed E-state index contributed by atoms with van der Waals surface area (Å²) in [6.07, 6.45) is 6.75. The molecule has 1 aliphatic rings. The van der Waals surface area contributed by atoms with Gasteiger partial charge in [-0.05, 0) is 31.2 Å². The molecule has 2 N–H and O–H groups in total. The minimum absolute atomic E-state index is 0.266. The molecular formula is C12H18N2O2. The van der Waals surface area contributed by atoms with Gasteiger partial charge >= 0.3 is 0 Å². The van der Waals surface area contributed by atoms with Gasteiger partial charge in [0.25, 0.3) is 0 Å². The normalized spacial score (nSPS) is 16.9. The van der Waals surface area contributed by atoms with Crippen LogP contribution >= 0.6 is 0 Å². The average molecular weight is 222 g/mol. The van der Waals surface area contributed by atoms with Gasteiger partial charge in [-0.2, -0.15) is 0 Å². The van der Waals surface area contributed by atoms with Crippen LogP contribution in [0, 0.1) is 5.41 Å². The Bertz CT molecular complexity index is 353. The van der Waals surface area contributed by atoms with Crippen LogP contribution in [0.3, 0.4) is 0 Å². The maximum absolute atomic E-state index is 5.80. The molecule has 0 aliphatic heterocycles. The minimum atomic E-state index is 0.266. The van der Waals surface area contributed by atoms with E-state index in [1.54, 1.807) is 26.6 Å². The van der Waals surface area contributed by atoms with Crippen molar-refractivity contribution in [2.75, 3.05) is 20.8 Å². The predicted octanol–water partition coefficient (Wildman–Crippen LogP) is 1.38. The summed E-state index contributed by atoms with van der Waals surface area (Å²) in [6.45, 7) is 0.724. The number of pyridine rings is 1. The molecular weight excluding hydrogens is 204 g/mol. The van der Waals surface area contributed by atoms with Gasteiger partial charge in [0, 0.05) is 5.56 Å². The van der Waals surface area contributed by atoms with Crippen LogP contribution < -0.4 is 15.2 Å². The zero-order chi connectivity index (χ0) is 11.6. The third-order valence-electron chi connectivity index (χ3n) is 3.36. The van der Waals surface area contributed by atoms with E-state index in [9.17, 15) is 0 Å². The lowest BCUT2D eigenvalue weighted by molar-refractivity contribution is 0.372. The average Bonchev–Trinajstić information content (AvgIpc) is 3.10. The molecule has 0 atom stereocenters. The number of hydrogen-bond acceptors (Lipinski definition) is 4. The Morgan fingerprint density at radius 3 is 2.19 bits per heavy atom. The van der Waals surface area contributed by atoms with E-state index in [1.165, 1.54) is 12.8 Å². The standard InChI is InChI=1S/C12H18N2O2/c1-15-10-6-14-7-11(16-2)9(10)5-12(8-13)3-4-12/h6-7H,3-5,8,13H2,1-2H3. The summed E-state index contributed by atoms with van der Waals surface area (Å²) in [5.74, 6) is 1.58. The first-order valence-electron chi connectivity index (χ1n) is 5.49. The van der Waals surface area contributed by atoms with Crippen LogP contribution in [0.5, 0.6) is 11.5 Å². The number of nitrogens with zero attached hydrogens (tertiary/aromatic N) is 1. The molecule has 0 saturated heterocycles. The number of ether oxygens (including phenoxy) is 2. The lowest BCUT2D eigenvalue weighted by Crippen LogP contribution is -2.18. The molecule has 1 aliphatic carbocycles. The molecule has 0 bridgehead atoms. The van der Waals surface area contributed by atoms with E-state index in [1.807, 2.05) is 0 Å². The second-order valence-electron chi connectivity index (χ2n) is 4.40. The van der Waals surface area contributed by atoms with Gasteiger partial charge in [-0.15, -0.1) is 0 Å². The quantitative estimate of drug-likeness (QED) is 0.817. The van der Waals surface area contributed by atoms with Crippen molar-refractivity contribution in [1.82, 2.24) is 4.98 Å². The Balaban J connectivity index is 2.29. The number of methoxy groups -OCH3 is 2. The van der Waals surface area contributed by atoms with E-state index in [4.69, 9.17) is 15.2 Å². The molecule has 1 aromatic rings. The first-order valence-corrected chi connectivity index (χ1v) is 5.49. The maximum atomic E-state index is 5.80. The van der Waals surface area contributed by atoms with Gasteiger partial charge in [0.2, 0.25) is 0 Å². The zero-order valence-electron chi connectivity index (χ0n) is 9.82. The fraction of sp³-hybridized carbons (Fsp3) is 0.583.